The summed E-state index contributed by atoms with van der Waals surface area (Å²) in [7, 11) is 0. The highest BCUT2D eigenvalue weighted by Crippen LogP contribution is 2.42. The van der Waals surface area contributed by atoms with Crippen molar-refractivity contribution in [3.05, 3.63) is 58.1 Å². The molecule has 0 spiro atoms. The lowest BCUT2D eigenvalue weighted by Gasteiger charge is -2.32. The summed E-state index contributed by atoms with van der Waals surface area (Å²) in [6, 6.07) is 8.83. The van der Waals surface area contributed by atoms with Gasteiger partial charge >= 0.3 is 5.97 Å². The Balaban J connectivity index is 1.91. The van der Waals surface area contributed by atoms with Crippen LogP contribution in [0.15, 0.2) is 35.2 Å². The zero-order chi connectivity index (χ0) is 19.8. The lowest BCUT2D eigenvalue weighted by Crippen LogP contribution is -2.23. The second-order valence-electron chi connectivity index (χ2n) is 7.35. The summed E-state index contributed by atoms with van der Waals surface area (Å²) in [5, 5.41) is 29.6. The highest BCUT2D eigenvalue weighted by molar-refractivity contribution is 7.99. The second-order valence-corrected chi connectivity index (χ2v) is 8.49. The van der Waals surface area contributed by atoms with Gasteiger partial charge in [-0.25, -0.2) is 4.79 Å². The molecule has 0 radical (unpaired) electrons. The molecule has 4 nitrogen and oxygen atoms in total. The number of thioether (sulfide) groups is 1. The van der Waals surface area contributed by atoms with Crippen molar-refractivity contribution in [3.8, 4) is 17.6 Å². The van der Waals surface area contributed by atoms with Crippen LogP contribution in [0, 0.1) is 18.8 Å². The first-order valence-corrected chi connectivity index (χ1v) is 9.72. The molecule has 1 aliphatic heterocycles. The fraction of sp³-hybridized carbons (Fsp3) is 0.318. The SMILES string of the molecule is Cc1c(C#CC(O)c2ccc3c(c2)C(C)(C)CCS3)ccc(C(=O)O)c1O. The van der Waals surface area contributed by atoms with Gasteiger partial charge in [-0.05, 0) is 53.8 Å². The number of aromatic carboxylic acids is 1. The van der Waals surface area contributed by atoms with Crippen LogP contribution in [-0.4, -0.2) is 27.0 Å². The van der Waals surface area contributed by atoms with Gasteiger partial charge in [-0.15, -0.1) is 11.8 Å². The highest BCUT2D eigenvalue weighted by Gasteiger charge is 2.28. The van der Waals surface area contributed by atoms with E-state index < -0.39 is 12.1 Å². The number of hydrogen-bond donors (Lipinski definition) is 3. The van der Waals surface area contributed by atoms with Crippen molar-refractivity contribution >= 4 is 17.7 Å². The highest BCUT2D eigenvalue weighted by atomic mass is 32.2. The van der Waals surface area contributed by atoms with Crippen LogP contribution in [0.2, 0.25) is 0 Å². The topological polar surface area (TPSA) is 77.8 Å². The van der Waals surface area contributed by atoms with Crippen molar-refractivity contribution < 1.29 is 20.1 Å². The maximum Gasteiger partial charge on any atom is 0.339 e. The summed E-state index contributed by atoms with van der Waals surface area (Å²) in [4.78, 5) is 12.3. The predicted octanol–water partition coefficient (Wildman–Crippen LogP) is 4.26. The third kappa shape index (κ3) is 3.83. The molecular formula is C22H22O4S. The molecule has 2 aromatic rings. The Labute approximate surface area is 163 Å². The van der Waals surface area contributed by atoms with Crippen LogP contribution in [0.4, 0.5) is 0 Å². The number of benzene rings is 2. The van der Waals surface area contributed by atoms with Crippen LogP contribution in [0.5, 0.6) is 5.75 Å². The van der Waals surface area contributed by atoms with E-state index in [4.69, 9.17) is 5.11 Å². The van der Waals surface area contributed by atoms with Gasteiger partial charge < -0.3 is 15.3 Å². The molecule has 0 fully saturated rings. The van der Waals surface area contributed by atoms with Crippen LogP contribution in [0.25, 0.3) is 0 Å². The monoisotopic (exact) mass is 382 g/mol. The Hall–Kier alpha value is -2.42. The number of aliphatic hydroxyl groups is 1. The number of aliphatic hydroxyl groups excluding tert-OH is 1. The average molecular weight is 382 g/mol. The van der Waals surface area contributed by atoms with E-state index in [2.05, 4.69) is 25.7 Å². The number of fused-ring (bicyclic) bond motifs is 1. The van der Waals surface area contributed by atoms with E-state index in [9.17, 15) is 15.0 Å². The van der Waals surface area contributed by atoms with Crippen molar-refractivity contribution in [3.63, 3.8) is 0 Å². The van der Waals surface area contributed by atoms with Crippen LogP contribution >= 0.6 is 11.8 Å². The standard InChI is InChI=1S/C22H22O4S/c1-13-14(4-7-16(20(13)24)21(25)26)5-8-18(23)15-6-9-19-17(12-15)22(2,3)10-11-27-19/h4,6-7,9,12,18,23-24H,10-11H2,1-3H3,(H,25,26). The number of carboxylic acid groups (broad SMARTS) is 1. The molecule has 0 saturated carbocycles. The van der Waals surface area contributed by atoms with E-state index in [0.29, 0.717) is 11.1 Å². The second kappa shape index (κ2) is 7.30. The van der Waals surface area contributed by atoms with Gasteiger partial charge in [-0.2, -0.15) is 0 Å². The molecule has 1 atom stereocenters. The molecule has 1 aliphatic rings. The van der Waals surface area contributed by atoms with Gasteiger partial charge in [0.05, 0.1) is 0 Å². The van der Waals surface area contributed by atoms with E-state index in [1.807, 2.05) is 30.0 Å². The van der Waals surface area contributed by atoms with Crippen molar-refractivity contribution in [1.82, 2.24) is 0 Å². The summed E-state index contributed by atoms with van der Waals surface area (Å²) in [6.07, 6.45) is 0.128. The molecule has 140 valence electrons. The lowest BCUT2D eigenvalue weighted by atomic mass is 9.81. The summed E-state index contributed by atoms with van der Waals surface area (Å²) >= 11 is 1.84. The fourth-order valence-electron chi connectivity index (χ4n) is 3.16. The number of rotatable bonds is 2. The summed E-state index contributed by atoms with van der Waals surface area (Å²) in [6.45, 7) is 6.03. The largest absolute Gasteiger partial charge is 0.507 e. The van der Waals surface area contributed by atoms with Crippen LogP contribution in [-0.2, 0) is 5.41 Å². The summed E-state index contributed by atoms with van der Waals surface area (Å²) < 4.78 is 0. The Morgan fingerprint density at radius 2 is 2.00 bits per heavy atom. The van der Waals surface area contributed by atoms with Gasteiger partial charge in [0.1, 0.15) is 17.4 Å². The minimum absolute atomic E-state index is 0.0682. The number of carbonyl (C=O) groups is 1. The van der Waals surface area contributed by atoms with Crippen molar-refractivity contribution in [2.75, 3.05) is 5.75 Å². The number of phenols is 1. The quantitative estimate of drug-likeness (QED) is 0.677. The van der Waals surface area contributed by atoms with Gasteiger partial charge in [-0.1, -0.05) is 37.8 Å². The summed E-state index contributed by atoms with van der Waals surface area (Å²) in [5.41, 5.74) is 2.76. The summed E-state index contributed by atoms with van der Waals surface area (Å²) in [5.74, 6) is 5.28. The van der Waals surface area contributed by atoms with Gasteiger partial charge in [-0.3, -0.25) is 0 Å². The van der Waals surface area contributed by atoms with Crippen LogP contribution in [0.3, 0.4) is 0 Å². The smallest absolute Gasteiger partial charge is 0.339 e. The minimum Gasteiger partial charge on any atom is -0.507 e. The number of carboxylic acids is 1. The maximum atomic E-state index is 11.1. The van der Waals surface area contributed by atoms with E-state index in [1.54, 1.807) is 13.0 Å². The number of hydrogen-bond acceptors (Lipinski definition) is 4. The Morgan fingerprint density at radius 1 is 1.26 bits per heavy atom. The van der Waals surface area contributed by atoms with E-state index in [1.165, 1.54) is 16.5 Å². The van der Waals surface area contributed by atoms with Crippen LogP contribution in [0.1, 0.15) is 59.0 Å². The molecule has 27 heavy (non-hydrogen) atoms. The Morgan fingerprint density at radius 3 is 2.70 bits per heavy atom. The normalized spacial score (nSPS) is 16.0. The van der Waals surface area contributed by atoms with Gasteiger partial charge in [0.15, 0.2) is 0 Å². The molecule has 0 saturated heterocycles. The molecule has 0 aliphatic carbocycles. The zero-order valence-electron chi connectivity index (χ0n) is 15.5. The average Bonchev–Trinajstić information content (AvgIpc) is 2.62. The van der Waals surface area contributed by atoms with Crippen LogP contribution < -0.4 is 0 Å². The number of aromatic hydroxyl groups is 1. The van der Waals surface area contributed by atoms with E-state index >= 15 is 0 Å². The Kier molecular flexibility index (Phi) is 5.23. The van der Waals surface area contributed by atoms with E-state index in [-0.39, 0.29) is 16.7 Å². The first-order valence-electron chi connectivity index (χ1n) is 8.73. The molecule has 1 heterocycles. The molecule has 0 bridgehead atoms. The molecule has 1 unspecified atom stereocenters. The minimum atomic E-state index is -1.19. The third-order valence-electron chi connectivity index (χ3n) is 5.04. The van der Waals surface area contributed by atoms with Gasteiger partial charge in [0.25, 0.3) is 0 Å². The van der Waals surface area contributed by atoms with Gasteiger partial charge in [0, 0.05) is 16.0 Å². The van der Waals surface area contributed by atoms with Crippen molar-refractivity contribution in [1.29, 1.82) is 0 Å². The molecular weight excluding hydrogens is 360 g/mol. The zero-order valence-corrected chi connectivity index (χ0v) is 16.4. The van der Waals surface area contributed by atoms with Crippen molar-refractivity contribution in [2.45, 2.75) is 43.6 Å². The molecule has 5 heteroatoms. The predicted molar refractivity (Wildman–Crippen MR) is 106 cm³/mol. The fourth-order valence-corrected chi connectivity index (χ4v) is 4.65. The maximum absolute atomic E-state index is 11.1. The Bertz CT molecular complexity index is 966. The van der Waals surface area contributed by atoms with Gasteiger partial charge in [0.2, 0.25) is 0 Å². The molecule has 2 aromatic carbocycles. The van der Waals surface area contributed by atoms with E-state index in [0.717, 1.165) is 17.7 Å². The third-order valence-corrected chi connectivity index (χ3v) is 6.11. The first-order chi connectivity index (χ1) is 12.7. The molecule has 0 amide bonds. The first kappa shape index (κ1) is 19.3. The molecule has 0 aromatic heterocycles. The molecule has 3 rings (SSSR count). The molecule has 3 N–H and O–H groups in total. The van der Waals surface area contributed by atoms with Crippen molar-refractivity contribution in [2.24, 2.45) is 0 Å². The lowest BCUT2D eigenvalue weighted by molar-refractivity contribution is 0.0693.